The molecule has 0 aliphatic rings. The van der Waals surface area contributed by atoms with Crippen LogP contribution < -0.4 is 10.1 Å². The van der Waals surface area contributed by atoms with Crippen LogP contribution in [0.4, 0.5) is 0 Å². The highest BCUT2D eigenvalue weighted by Gasteiger charge is 2.21. The topological polar surface area (TPSA) is 41.5 Å². The van der Waals surface area contributed by atoms with Gasteiger partial charge in [0.15, 0.2) is 0 Å². The van der Waals surface area contributed by atoms with Gasteiger partial charge in [0.25, 0.3) is 0 Å². The number of hydrogen-bond donors (Lipinski definition) is 2. The van der Waals surface area contributed by atoms with Gasteiger partial charge in [-0.25, -0.2) is 0 Å². The maximum absolute atomic E-state index is 10.1. The third-order valence-corrected chi connectivity index (χ3v) is 2.47. The van der Waals surface area contributed by atoms with E-state index in [1.807, 2.05) is 31.3 Å². The molecule has 0 saturated heterocycles. The van der Waals surface area contributed by atoms with Crippen molar-refractivity contribution in [1.82, 2.24) is 5.32 Å². The highest BCUT2D eigenvalue weighted by atomic mass is 16.5. The predicted molar refractivity (Wildman–Crippen MR) is 65.7 cm³/mol. The lowest BCUT2D eigenvalue weighted by molar-refractivity contribution is 0.0591. The van der Waals surface area contributed by atoms with Gasteiger partial charge in [-0.3, -0.25) is 0 Å². The van der Waals surface area contributed by atoms with Gasteiger partial charge in [0.2, 0.25) is 0 Å². The minimum Gasteiger partial charge on any atom is -0.494 e. The Hall–Kier alpha value is -1.06. The van der Waals surface area contributed by atoms with E-state index in [2.05, 4.69) is 12.2 Å². The van der Waals surface area contributed by atoms with Crippen molar-refractivity contribution in [3.63, 3.8) is 0 Å². The number of hydrogen-bond acceptors (Lipinski definition) is 3. The molecule has 1 aromatic carbocycles. The molecule has 0 saturated carbocycles. The van der Waals surface area contributed by atoms with Crippen molar-refractivity contribution in [2.45, 2.75) is 25.9 Å². The maximum atomic E-state index is 10.1. The van der Waals surface area contributed by atoms with Crippen LogP contribution in [-0.2, 0) is 5.60 Å². The first kappa shape index (κ1) is 13.0. The normalized spacial score (nSPS) is 14.5. The number of ether oxygens (including phenoxy) is 1. The molecule has 1 aromatic rings. The van der Waals surface area contributed by atoms with E-state index >= 15 is 0 Å². The van der Waals surface area contributed by atoms with Crippen molar-refractivity contribution in [3.05, 3.63) is 29.8 Å². The van der Waals surface area contributed by atoms with Gasteiger partial charge in [0.1, 0.15) is 5.75 Å². The lowest BCUT2D eigenvalue weighted by atomic mass is 9.96. The van der Waals surface area contributed by atoms with Gasteiger partial charge < -0.3 is 15.2 Å². The monoisotopic (exact) mass is 223 g/mol. The van der Waals surface area contributed by atoms with E-state index < -0.39 is 5.60 Å². The Labute approximate surface area is 97.4 Å². The summed E-state index contributed by atoms with van der Waals surface area (Å²) in [7, 11) is 1.83. The largest absolute Gasteiger partial charge is 0.494 e. The Bertz CT molecular complexity index is 306. The molecule has 2 N–H and O–H groups in total. The summed E-state index contributed by atoms with van der Waals surface area (Å²) in [5.41, 5.74) is 0.0589. The predicted octanol–water partition coefficient (Wildman–Crippen LogP) is 1.90. The van der Waals surface area contributed by atoms with Crippen LogP contribution in [0.25, 0.3) is 0 Å². The summed E-state index contributed by atoms with van der Waals surface area (Å²) in [6.07, 6.45) is 0.999. The van der Waals surface area contributed by atoms with Crippen LogP contribution in [0.2, 0.25) is 0 Å². The SMILES string of the molecule is CCCOc1ccc(C(C)(O)CNC)cc1. The quantitative estimate of drug-likeness (QED) is 0.774. The fourth-order valence-corrected chi connectivity index (χ4v) is 1.58. The number of benzene rings is 1. The van der Waals surface area contributed by atoms with E-state index in [0.29, 0.717) is 6.54 Å². The molecular formula is C13H21NO2. The summed E-state index contributed by atoms with van der Waals surface area (Å²) in [6.45, 7) is 5.13. The molecule has 0 aromatic heterocycles. The average Bonchev–Trinajstić information content (AvgIpc) is 2.27. The van der Waals surface area contributed by atoms with E-state index in [4.69, 9.17) is 4.74 Å². The molecule has 0 bridgehead atoms. The molecule has 1 rings (SSSR count). The van der Waals surface area contributed by atoms with Gasteiger partial charge in [-0.1, -0.05) is 19.1 Å². The second-order valence-corrected chi connectivity index (χ2v) is 4.18. The molecule has 90 valence electrons. The first-order valence-corrected chi connectivity index (χ1v) is 5.70. The number of likely N-dealkylation sites (N-methyl/N-ethyl adjacent to an activating group) is 1. The van der Waals surface area contributed by atoms with Gasteiger partial charge in [-0.2, -0.15) is 0 Å². The molecule has 3 nitrogen and oxygen atoms in total. The van der Waals surface area contributed by atoms with Crippen LogP contribution in [0.5, 0.6) is 5.75 Å². The number of nitrogens with one attached hydrogen (secondary N) is 1. The fraction of sp³-hybridized carbons (Fsp3) is 0.538. The molecule has 0 heterocycles. The van der Waals surface area contributed by atoms with Gasteiger partial charge in [0, 0.05) is 6.54 Å². The molecule has 1 unspecified atom stereocenters. The van der Waals surface area contributed by atoms with Gasteiger partial charge in [-0.05, 0) is 38.1 Å². The Morgan fingerprint density at radius 1 is 1.31 bits per heavy atom. The van der Waals surface area contributed by atoms with Gasteiger partial charge >= 0.3 is 0 Å². The van der Waals surface area contributed by atoms with Crippen molar-refractivity contribution >= 4 is 0 Å². The van der Waals surface area contributed by atoms with Crippen LogP contribution >= 0.6 is 0 Å². The molecule has 0 spiro atoms. The molecular weight excluding hydrogens is 202 g/mol. The van der Waals surface area contributed by atoms with Gasteiger partial charge in [-0.15, -0.1) is 0 Å². The fourth-order valence-electron chi connectivity index (χ4n) is 1.58. The minimum absolute atomic E-state index is 0.530. The molecule has 0 radical (unpaired) electrons. The Morgan fingerprint density at radius 2 is 1.94 bits per heavy atom. The number of aliphatic hydroxyl groups is 1. The summed E-state index contributed by atoms with van der Waals surface area (Å²) >= 11 is 0. The van der Waals surface area contributed by atoms with Crippen molar-refractivity contribution in [1.29, 1.82) is 0 Å². The highest BCUT2D eigenvalue weighted by Crippen LogP contribution is 2.22. The van der Waals surface area contributed by atoms with Crippen molar-refractivity contribution in [2.75, 3.05) is 20.2 Å². The van der Waals surface area contributed by atoms with Crippen molar-refractivity contribution in [2.24, 2.45) is 0 Å². The zero-order valence-electron chi connectivity index (χ0n) is 10.3. The molecule has 1 atom stereocenters. The van der Waals surface area contributed by atoms with Crippen LogP contribution in [0, 0.1) is 0 Å². The third kappa shape index (κ3) is 3.51. The van der Waals surface area contributed by atoms with Crippen LogP contribution in [0.15, 0.2) is 24.3 Å². The van der Waals surface area contributed by atoms with E-state index in [-0.39, 0.29) is 0 Å². The smallest absolute Gasteiger partial charge is 0.119 e. The standard InChI is InChI=1S/C13H21NO2/c1-4-9-16-12-7-5-11(6-8-12)13(2,15)10-14-3/h5-8,14-15H,4,9-10H2,1-3H3. The highest BCUT2D eigenvalue weighted by molar-refractivity contribution is 5.30. The average molecular weight is 223 g/mol. The molecule has 16 heavy (non-hydrogen) atoms. The second-order valence-electron chi connectivity index (χ2n) is 4.18. The van der Waals surface area contributed by atoms with Crippen LogP contribution in [0.1, 0.15) is 25.8 Å². The minimum atomic E-state index is -0.835. The molecule has 0 fully saturated rings. The Balaban J connectivity index is 2.70. The van der Waals surface area contributed by atoms with Crippen LogP contribution in [-0.4, -0.2) is 25.3 Å². The van der Waals surface area contributed by atoms with Crippen LogP contribution in [0.3, 0.4) is 0 Å². The first-order chi connectivity index (χ1) is 7.60. The second kappa shape index (κ2) is 5.87. The van der Waals surface area contributed by atoms with Crippen molar-refractivity contribution < 1.29 is 9.84 Å². The zero-order chi connectivity index (χ0) is 12.0. The molecule has 3 heteroatoms. The third-order valence-electron chi connectivity index (χ3n) is 2.47. The Kier molecular flexibility index (Phi) is 4.77. The maximum Gasteiger partial charge on any atom is 0.119 e. The van der Waals surface area contributed by atoms with E-state index in [0.717, 1.165) is 24.3 Å². The molecule has 0 amide bonds. The van der Waals surface area contributed by atoms with Crippen molar-refractivity contribution in [3.8, 4) is 5.75 Å². The summed E-state index contributed by atoms with van der Waals surface area (Å²) in [5, 5.41) is 13.1. The summed E-state index contributed by atoms with van der Waals surface area (Å²) in [6, 6.07) is 7.61. The zero-order valence-corrected chi connectivity index (χ0v) is 10.3. The van der Waals surface area contributed by atoms with E-state index in [1.54, 1.807) is 6.92 Å². The lowest BCUT2D eigenvalue weighted by Gasteiger charge is -2.23. The first-order valence-electron chi connectivity index (χ1n) is 5.70. The summed E-state index contributed by atoms with van der Waals surface area (Å²) < 4.78 is 5.49. The van der Waals surface area contributed by atoms with Gasteiger partial charge in [0.05, 0.1) is 12.2 Å². The Morgan fingerprint density at radius 3 is 2.44 bits per heavy atom. The number of rotatable bonds is 6. The van der Waals surface area contributed by atoms with E-state index in [9.17, 15) is 5.11 Å². The summed E-state index contributed by atoms with van der Waals surface area (Å²) in [4.78, 5) is 0. The summed E-state index contributed by atoms with van der Waals surface area (Å²) in [5.74, 6) is 0.853. The molecule has 0 aliphatic heterocycles. The lowest BCUT2D eigenvalue weighted by Crippen LogP contribution is -2.33. The molecule has 0 aliphatic carbocycles. The van der Waals surface area contributed by atoms with E-state index in [1.165, 1.54) is 0 Å².